The summed E-state index contributed by atoms with van der Waals surface area (Å²) in [6, 6.07) is 56.5. The van der Waals surface area contributed by atoms with Crippen molar-refractivity contribution in [2.45, 2.75) is 6.42 Å². The van der Waals surface area contributed by atoms with Gasteiger partial charge >= 0.3 is 0 Å². The zero-order chi connectivity index (χ0) is 27.4. The van der Waals surface area contributed by atoms with Crippen molar-refractivity contribution in [2.75, 3.05) is 0 Å². The Balaban J connectivity index is 1.29. The molecule has 0 atom stereocenters. The van der Waals surface area contributed by atoms with E-state index in [4.69, 9.17) is 0 Å². The number of rotatable bonds is 6. The highest BCUT2D eigenvalue weighted by atomic mass is 14.2. The highest BCUT2D eigenvalue weighted by Crippen LogP contribution is 2.41. The predicted octanol–water partition coefficient (Wildman–Crippen LogP) is 10.4. The van der Waals surface area contributed by atoms with Crippen molar-refractivity contribution in [3.63, 3.8) is 0 Å². The van der Waals surface area contributed by atoms with Crippen LogP contribution in [-0.2, 0) is 6.42 Å². The molecule has 41 heavy (non-hydrogen) atoms. The molecule has 6 aromatic carbocycles. The van der Waals surface area contributed by atoms with E-state index < -0.39 is 0 Å². The van der Waals surface area contributed by atoms with Gasteiger partial charge in [0.25, 0.3) is 0 Å². The molecule has 7 rings (SSSR count). The lowest BCUT2D eigenvalue weighted by Crippen LogP contribution is -1.91. The Bertz CT molecular complexity index is 1780. The van der Waals surface area contributed by atoms with E-state index in [0.717, 1.165) is 6.42 Å². The lowest BCUT2D eigenvalue weighted by molar-refractivity contribution is 1.25. The molecule has 6 aromatic rings. The maximum absolute atomic E-state index is 2.38. The van der Waals surface area contributed by atoms with Gasteiger partial charge in [0.2, 0.25) is 0 Å². The fourth-order valence-corrected chi connectivity index (χ4v) is 5.95. The second-order valence-corrected chi connectivity index (χ2v) is 10.5. The van der Waals surface area contributed by atoms with Gasteiger partial charge in [-0.1, -0.05) is 158 Å². The van der Waals surface area contributed by atoms with Gasteiger partial charge < -0.3 is 0 Å². The maximum atomic E-state index is 2.38. The Morgan fingerprint density at radius 3 is 1.41 bits per heavy atom. The zero-order valence-electron chi connectivity index (χ0n) is 22.9. The minimum atomic E-state index is 0.932. The predicted molar refractivity (Wildman–Crippen MR) is 174 cm³/mol. The molecule has 0 bridgehead atoms. The van der Waals surface area contributed by atoms with Crippen LogP contribution in [0.15, 0.2) is 158 Å². The molecule has 0 unspecified atom stereocenters. The summed E-state index contributed by atoms with van der Waals surface area (Å²) < 4.78 is 0. The average molecular weight is 523 g/mol. The summed E-state index contributed by atoms with van der Waals surface area (Å²) in [5.41, 5.74) is 15.4. The summed E-state index contributed by atoms with van der Waals surface area (Å²) in [4.78, 5) is 0. The van der Waals surface area contributed by atoms with Crippen molar-refractivity contribution in [1.29, 1.82) is 0 Å². The van der Waals surface area contributed by atoms with Crippen LogP contribution in [-0.4, -0.2) is 0 Å². The third kappa shape index (κ3) is 5.09. The van der Waals surface area contributed by atoms with Crippen LogP contribution in [0, 0.1) is 0 Å². The van der Waals surface area contributed by atoms with Gasteiger partial charge in [0.05, 0.1) is 0 Å². The fraction of sp³-hybridized carbons (Fsp3) is 0.0244. The highest BCUT2D eigenvalue weighted by Gasteiger charge is 2.21. The second kappa shape index (κ2) is 11.1. The largest absolute Gasteiger partial charge is 0.0622 e. The van der Waals surface area contributed by atoms with E-state index >= 15 is 0 Å². The van der Waals surface area contributed by atoms with Crippen LogP contribution < -0.4 is 0 Å². The molecule has 0 amide bonds. The van der Waals surface area contributed by atoms with Crippen LogP contribution in [0.25, 0.3) is 34.4 Å². The van der Waals surface area contributed by atoms with Crippen LogP contribution in [0.3, 0.4) is 0 Å². The van der Waals surface area contributed by atoms with E-state index in [-0.39, 0.29) is 0 Å². The Morgan fingerprint density at radius 2 is 0.902 bits per heavy atom. The summed E-state index contributed by atoms with van der Waals surface area (Å²) in [7, 11) is 0. The summed E-state index contributed by atoms with van der Waals surface area (Å²) in [5, 5.41) is 0. The first-order valence-corrected chi connectivity index (χ1v) is 14.2. The number of hydrogen-bond donors (Lipinski definition) is 0. The zero-order valence-corrected chi connectivity index (χ0v) is 22.9. The lowest BCUT2D eigenvalue weighted by atomic mass is 9.93. The molecule has 0 fully saturated rings. The van der Waals surface area contributed by atoms with Crippen molar-refractivity contribution >= 4 is 23.3 Å². The smallest absolute Gasteiger partial charge is 0.000728 e. The summed E-state index contributed by atoms with van der Waals surface area (Å²) in [6.45, 7) is 0. The van der Waals surface area contributed by atoms with Crippen LogP contribution in [0.5, 0.6) is 0 Å². The monoisotopic (exact) mass is 522 g/mol. The van der Waals surface area contributed by atoms with Gasteiger partial charge in [-0.3, -0.25) is 0 Å². The van der Waals surface area contributed by atoms with Gasteiger partial charge in [-0.25, -0.2) is 0 Å². The Morgan fingerprint density at radius 1 is 0.415 bits per heavy atom. The molecular weight excluding hydrogens is 492 g/mol. The van der Waals surface area contributed by atoms with E-state index in [1.807, 2.05) is 0 Å². The molecule has 1 aliphatic carbocycles. The molecule has 1 aliphatic rings. The third-order valence-corrected chi connectivity index (χ3v) is 7.95. The van der Waals surface area contributed by atoms with E-state index in [1.54, 1.807) is 0 Å². The molecular formula is C41H30. The normalized spacial score (nSPS) is 11.3. The molecule has 0 saturated carbocycles. The van der Waals surface area contributed by atoms with Crippen molar-refractivity contribution in [2.24, 2.45) is 0 Å². The Labute approximate surface area is 242 Å². The molecule has 0 heterocycles. The molecule has 0 N–H and O–H groups in total. The average Bonchev–Trinajstić information content (AvgIpc) is 3.43. The Kier molecular flexibility index (Phi) is 6.73. The topological polar surface area (TPSA) is 0 Å². The van der Waals surface area contributed by atoms with Crippen molar-refractivity contribution in [1.82, 2.24) is 0 Å². The van der Waals surface area contributed by atoms with Crippen LogP contribution in [0.4, 0.5) is 0 Å². The molecule has 0 aromatic heterocycles. The number of benzene rings is 6. The summed E-state index contributed by atoms with van der Waals surface area (Å²) in [5.74, 6) is 0. The first kappa shape index (κ1) is 24.8. The van der Waals surface area contributed by atoms with Gasteiger partial charge in [-0.15, -0.1) is 0 Å². The summed E-state index contributed by atoms with van der Waals surface area (Å²) >= 11 is 0. The molecule has 0 spiro atoms. The van der Waals surface area contributed by atoms with E-state index in [2.05, 4.69) is 170 Å². The van der Waals surface area contributed by atoms with E-state index in [0.29, 0.717) is 0 Å². The molecule has 0 nitrogen and oxygen atoms in total. The van der Waals surface area contributed by atoms with Gasteiger partial charge in [-0.2, -0.15) is 0 Å². The number of hydrogen-bond acceptors (Lipinski definition) is 0. The minimum Gasteiger partial charge on any atom is -0.0622 e. The third-order valence-electron chi connectivity index (χ3n) is 7.95. The van der Waals surface area contributed by atoms with Gasteiger partial charge in [-0.05, 0) is 85.4 Å². The van der Waals surface area contributed by atoms with E-state index in [1.165, 1.54) is 66.8 Å². The van der Waals surface area contributed by atoms with Gasteiger partial charge in [0.1, 0.15) is 0 Å². The van der Waals surface area contributed by atoms with Gasteiger partial charge in [0.15, 0.2) is 0 Å². The highest BCUT2D eigenvalue weighted by molar-refractivity contribution is 5.95. The first-order chi connectivity index (χ1) is 20.3. The van der Waals surface area contributed by atoms with Crippen molar-refractivity contribution in [3.8, 4) is 11.1 Å². The number of fused-ring (bicyclic) bond motifs is 3. The van der Waals surface area contributed by atoms with Gasteiger partial charge in [0, 0.05) is 0 Å². The second-order valence-electron chi connectivity index (χ2n) is 10.5. The molecule has 0 heteroatoms. The van der Waals surface area contributed by atoms with Crippen LogP contribution in [0.1, 0.15) is 44.5 Å². The minimum absolute atomic E-state index is 0.932. The SMILES string of the molecule is C(=C(c1ccccc1)c1ccccc1)c1ccc2c(c1)Cc1c(C=C(c3ccccc3)c3ccccc3)cccc1-2. The Hall–Kier alpha value is -5.20. The quantitative estimate of drug-likeness (QED) is 0.191. The molecule has 0 aliphatic heterocycles. The summed E-state index contributed by atoms with van der Waals surface area (Å²) in [6.07, 6.45) is 5.64. The molecule has 0 radical (unpaired) electrons. The van der Waals surface area contributed by atoms with Crippen LogP contribution in [0.2, 0.25) is 0 Å². The lowest BCUT2D eigenvalue weighted by Gasteiger charge is -2.11. The standard InChI is InChI=1S/C41H30/c1-5-14-31(15-6-1)39(32-16-7-2-8-17-32)27-30-24-25-37-36(26-30)29-41-35(22-13-23-38(37)41)28-40(33-18-9-3-10-19-33)34-20-11-4-12-21-34/h1-28H,29H2. The fourth-order valence-electron chi connectivity index (χ4n) is 5.95. The van der Waals surface area contributed by atoms with Crippen molar-refractivity contribution in [3.05, 3.63) is 202 Å². The first-order valence-electron chi connectivity index (χ1n) is 14.2. The molecule has 194 valence electrons. The van der Waals surface area contributed by atoms with Crippen molar-refractivity contribution < 1.29 is 0 Å². The van der Waals surface area contributed by atoms with Crippen LogP contribution >= 0.6 is 0 Å². The molecule has 0 saturated heterocycles. The maximum Gasteiger partial charge on any atom is -0.000728 e. The van der Waals surface area contributed by atoms with E-state index in [9.17, 15) is 0 Å².